The first-order chi connectivity index (χ1) is 9.35. The van der Waals surface area contributed by atoms with E-state index in [0.29, 0.717) is 0 Å². The lowest BCUT2D eigenvalue weighted by Crippen LogP contribution is -2.46. The van der Waals surface area contributed by atoms with Crippen LogP contribution in [0.5, 0.6) is 0 Å². The van der Waals surface area contributed by atoms with Gasteiger partial charge in [0.25, 0.3) is 0 Å². The van der Waals surface area contributed by atoms with Gasteiger partial charge in [-0.05, 0) is 0 Å². The lowest BCUT2D eigenvalue weighted by atomic mass is 10.3. The quantitative estimate of drug-likeness (QED) is 0.880. The summed E-state index contributed by atoms with van der Waals surface area (Å²) in [5.41, 5.74) is 0. The first-order valence-corrected chi connectivity index (χ1v) is 7.26. The molecule has 3 heterocycles. The summed E-state index contributed by atoms with van der Waals surface area (Å²) in [7, 11) is 0. The van der Waals surface area contributed by atoms with Gasteiger partial charge in [0.05, 0.1) is 6.54 Å². The number of piperazine rings is 1. The van der Waals surface area contributed by atoms with Gasteiger partial charge >= 0.3 is 0 Å². The molecule has 7 nitrogen and oxygen atoms in total. The molecule has 0 radical (unpaired) electrons. The van der Waals surface area contributed by atoms with Gasteiger partial charge in [0, 0.05) is 44.1 Å². The van der Waals surface area contributed by atoms with Crippen LogP contribution in [-0.4, -0.2) is 55.6 Å². The van der Waals surface area contributed by atoms with Gasteiger partial charge in [-0.1, -0.05) is 6.92 Å². The van der Waals surface area contributed by atoms with Crippen LogP contribution >= 0.6 is 11.5 Å². The van der Waals surface area contributed by atoms with Gasteiger partial charge in [0.1, 0.15) is 18.0 Å². The zero-order valence-electron chi connectivity index (χ0n) is 10.9. The standard InChI is InChI=1S/C11H17N7S/c1-2-9-14-11(19-16-9)18-5-3-17(4-6-18)7-10-12-8-13-15-10/h8H,2-7H2,1H3,(H,12,13,15). The molecule has 0 atom stereocenters. The van der Waals surface area contributed by atoms with Crippen LogP contribution in [0, 0.1) is 0 Å². The van der Waals surface area contributed by atoms with E-state index in [2.05, 4.69) is 41.3 Å². The maximum atomic E-state index is 4.54. The Kier molecular flexibility index (Phi) is 3.69. The Hall–Kier alpha value is -1.54. The molecule has 0 amide bonds. The Morgan fingerprint density at radius 2 is 2.16 bits per heavy atom. The van der Waals surface area contributed by atoms with Crippen LogP contribution in [0.1, 0.15) is 18.6 Å². The molecule has 1 aliphatic rings. The van der Waals surface area contributed by atoms with E-state index in [1.807, 2.05) is 0 Å². The van der Waals surface area contributed by atoms with E-state index in [-0.39, 0.29) is 0 Å². The van der Waals surface area contributed by atoms with Crippen molar-refractivity contribution in [1.82, 2.24) is 29.4 Å². The molecule has 3 rings (SSSR count). The van der Waals surface area contributed by atoms with Gasteiger partial charge in [-0.3, -0.25) is 10.00 Å². The summed E-state index contributed by atoms with van der Waals surface area (Å²) in [5.74, 6) is 1.88. The molecule has 1 fully saturated rings. The van der Waals surface area contributed by atoms with Crippen molar-refractivity contribution in [1.29, 1.82) is 0 Å². The third-order valence-corrected chi connectivity index (χ3v) is 4.07. The lowest BCUT2D eigenvalue weighted by molar-refractivity contribution is 0.244. The fourth-order valence-electron chi connectivity index (χ4n) is 2.13. The molecule has 1 N–H and O–H groups in total. The summed E-state index contributed by atoms with van der Waals surface area (Å²) >= 11 is 1.51. The van der Waals surface area contributed by atoms with Crippen LogP contribution in [0.4, 0.5) is 5.13 Å². The van der Waals surface area contributed by atoms with Gasteiger partial charge in [0.2, 0.25) is 5.13 Å². The minimum absolute atomic E-state index is 0.837. The molecule has 0 aromatic carbocycles. The zero-order valence-corrected chi connectivity index (χ0v) is 11.7. The van der Waals surface area contributed by atoms with E-state index >= 15 is 0 Å². The number of hydrogen-bond donors (Lipinski definition) is 1. The number of aryl methyl sites for hydroxylation is 1. The molecule has 0 spiro atoms. The number of nitrogens with zero attached hydrogens (tertiary/aromatic N) is 6. The molecule has 0 unspecified atom stereocenters. The van der Waals surface area contributed by atoms with Gasteiger partial charge in [0.15, 0.2) is 0 Å². The highest BCUT2D eigenvalue weighted by Crippen LogP contribution is 2.19. The van der Waals surface area contributed by atoms with E-state index in [1.165, 1.54) is 11.5 Å². The van der Waals surface area contributed by atoms with Crippen molar-refractivity contribution < 1.29 is 0 Å². The molecular formula is C11H17N7S. The van der Waals surface area contributed by atoms with E-state index < -0.39 is 0 Å². The number of H-pyrrole nitrogens is 1. The van der Waals surface area contributed by atoms with E-state index in [0.717, 1.165) is 55.9 Å². The van der Waals surface area contributed by atoms with Crippen molar-refractivity contribution in [2.45, 2.75) is 19.9 Å². The second kappa shape index (κ2) is 5.62. The fourth-order valence-corrected chi connectivity index (χ4v) is 2.93. The van der Waals surface area contributed by atoms with Crippen LogP contribution in [0.2, 0.25) is 0 Å². The van der Waals surface area contributed by atoms with Crippen LogP contribution in [0.25, 0.3) is 0 Å². The normalized spacial score (nSPS) is 17.0. The number of anilines is 1. The van der Waals surface area contributed by atoms with Gasteiger partial charge in [-0.25, -0.2) is 9.97 Å². The molecule has 19 heavy (non-hydrogen) atoms. The zero-order chi connectivity index (χ0) is 13.1. The van der Waals surface area contributed by atoms with Crippen molar-refractivity contribution in [2.24, 2.45) is 0 Å². The molecule has 1 aliphatic heterocycles. The summed E-state index contributed by atoms with van der Waals surface area (Å²) in [4.78, 5) is 13.4. The average molecular weight is 279 g/mol. The maximum Gasteiger partial charge on any atom is 0.205 e. The van der Waals surface area contributed by atoms with Crippen molar-refractivity contribution in [3.8, 4) is 0 Å². The number of hydrogen-bond acceptors (Lipinski definition) is 7. The molecular weight excluding hydrogens is 262 g/mol. The predicted octanol–water partition coefficient (Wildman–Crippen LogP) is 0.541. The first kappa shape index (κ1) is 12.5. The molecule has 2 aromatic rings. The second-order valence-electron chi connectivity index (χ2n) is 4.54. The highest BCUT2D eigenvalue weighted by Gasteiger charge is 2.20. The van der Waals surface area contributed by atoms with Crippen LogP contribution in [0.15, 0.2) is 6.33 Å². The monoisotopic (exact) mass is 279 g/mol. The Morgan fingerprint density at radius 1 is 1.32 bits per heavy atom. The molecule has 0 aliphatic carbocycles. The van der Waals surface area contributed by atoms with E-state index in [9.17, 15) is 0 Å². The number of aromatic nitrogens is 5. The van der Waals surface area contributed by atoms with E-state index in [1.54, 1.807) is 6.33 Å². The summed E-state index contributed by atoms with van der Waals surface area (Å²) < 4.78 is 4.34. The molecule has 102 valence electrons. The predicted molar refractivity (Wildman–Crippen MR) is 73.2 cm³/mol. The number of rotatable bonds is 4. The maximum absolute atomic E-state index is 4.54. The SMILES string of the molecule is CCc1nsc(N2CCN(Cc3ncn[nH]3)CC2)n1. The minimum atomic E-state index is 0.837. The highest BCUT2D eigenvalue weighted by molar-refractivity contribution is 7.09. The highest BCUT2D eigenvalue weighted by atomic mass is 32.1. The summed E-state index contributed by atoms with van der Waals surface area (Å²) in [6.45, 7) is 6.94. The Labute approximate surface area is 115 Å². The molecule has 0 saturated carbocycles. The molecule has 2 aromatic heterocycles. The smallest absolute Gasteiger partial charge is 0.205 e. The second-order valence-corrected chi connectivity index (χ2v) is 5.27. The average Bonchev–Trinajstić information content (AvgIpc) is 3.10. The summed E-state index contributed by atoms with van der Waals surface area (Å²) in [6, 6.07) is 0. The largest absolute Gasteiger partial charge is 0.344 e. The molecule has 8 heteroatoms. The van der Waals surface area contributed by atoms with Gasteiger partial charge in [-0.2, -0.15) is 9.47 Å². The Balaban J connectivity index is 1.54. The van der Waals surface area contributed by atoms with Gasteiger partial charge in [-0.15, -0.1) is 0 Å². The van der Waals surface area contributed by atoms with Crippen LogP contribution in [-0.2, 0) is 13.0 Å². The third-order valence-electron chi connectivity index (χ3n) is 3.25. The van der Waals surface area contributed by atoms with Crippen LogP contribution in [0.3, 0.4) is 0 Å². The Morgan fingerprint density at radius 3 is 2.79 bits per heavy atom. The Bertz CT molecular complexity index is 501. The van der Waals surface area contributed by atoms with Crippen molar-refractivity contribution >= 4 is 16.7 Å². The fraction of sp³-hybridized carbons (Fsp3) is 0.636. The number of nitrogens with one attached hydrogen (secondary N) is 1. The van der Waals surface area contributed by atoms with Crippen molar-refractivity contribution in [3.63, 3.8) is 0 Å². The number of aromatic amines is 1. The minimum Gasteiger partial charge on any atom is -0.344 e. The van der Waals surface area contributed by atoms with Crippen molar-refractivity contribution in [2.75, 3.05) is 31.1 Å². The molecule has 0 bridgehead atoms. The van der Waals surface area contributed by atoms with Crippen LogP contribution < -0.4 is 4.90 Å². The summed E-state index contributed by atoms with van der Waals surface area (Å²) in [6.07, 6.45) is 2.46. The lowest BCUT2D eigenvalue weighted by Gasteiger charge is -2.33. The van der Waals surface area contributed by atoms with Gasteiger partial charge < -0.3 is 4.90 Å². The molecule has 1 saturated heterocycles. The van der Waals surface area contributed by atoms with Crippen molar-refractivity contribution in [3.05, 3.63) is 18.0 Å². The topological polar surface area (TPSA) is 73.8 Å². The first-order valence-electron chi connectivity index (χ1n) is 6.49. The van der Waals surface area contributed by atoms with E-state index in [4.69, 9.17) is 0 Å². The third kappa shape index (κ3) is 2.90. The summed E-state index contributed by atoms with van der Waals surface area (Å²) in [5, 5.41) is 7.83.